The highest BCUT2D eigenvalue weighted by molar-refractivity contribution is 5.92. The van der Waals surface area contributed by atoms with Gasteiger partial charge in [0.05, 0.1) is 0 Å². The standard InChI is InChI=1S/C15H26N2O2/c1-14(2)8-6-5-7-11(14)12(18)17-10-9-16-13(19)15(17,3)4/h11H,5-10H2,1-4H3,(H,16,19). The van der Waals surface area contributed by atoms with Crippen molar-refractivity contribution < 1.29 is 9.59 Å². The van der Waals surface area contributed by atoms with Crippen LogP contribution in [0.1, 0.15) is 53.4 Å². The van der Waals surface area contributed by atoms with Crippen molar-refractivity contribution in [3.05, 3.63) is 0 Å². The average Bonchev–Trinajstić information content (AvgIpc) is 2.31. The molecule has 2 fully saturated rings. The summed E-state index contributed by atoms with van der Waals surface area (Å²) in [5.74, 6) is 0.191. The molecular weight excluding hydrogens is 240 g/mol. The number of nitrogens with one attached hydrogen (secondary N) is 1. The quantitative estimate of drug-likeness (QED) is 0.788. The van der Waals surface area contributed by atoms with E-state index in [2.05, 4.69) is 19.2 Å². The van der Waals surface area contributed by atoms with E-state index < -0.39 is 5.54 Å². The molecule has 1 N–H and O–H groups in total. The first-order valence-electron chi connectivity index (χ1n) is 7.36. The van der Waals surface area contributed by atoms with E-state index >= 15 is 0 Å². The third-order valence-corrected chi connectivity index (χ3v) is 4.92. The fourth-order valence-electron chi connectivity index (χ4n) is 3.43. The second kappa shape index (κ2) is 4.80. The van der Waals surface area contributed by atoms with Gasteiger partial charge in [-0.3, -0.25) is 9.59 Å². The lowest BCUT2D eigenvalue weighted by Crippen LogP contribution is -2.65. The summed E-state index contributed by atoms with van der Waals surface area (Å²) < 4.78 is 0. The van der Waals surface area contributed by atoms with Crippen molar-refractivity contribution in [1.82, 2.24) is 10.2 Å². The summed E-state index contributed by atoms with van der Waals surface area (Å²) in [6.07, 6.45) is 4.39. The van der Waals surface area contributed by atoms with E-state index in [4.69, 9.17) is 0 Å². The molecule has 0 bridgehead atoms. The molecule has 1 aliphatic heterocycles. The van der Waals surface area contributed by atoms with E-state index in [1.807, 2.05) is 13.8 Å². The van der Waals surface area contributed by atoms with Crippen LogP contribution in [0.5, 0.6) is 0 Å². The van der Waals surface area contributed by atoms with Crippen LogP contribution in [0.3, 0.4) is 0 Å². The van der Waals surface area contributed by atoms with Crippen LogP contribution in [0.2, 0.25) is 0 Å². The first-order chi connectivity index (χ1) is 8.77. The van der Waals surface area contributed by atoms with Crippen molar-refractivity contribution >= 4 is 11.8 Å². The van der Waals surface area contributed by atoms with Crippen molar-refractivity contribution in [2.45, 2.75) is 58.9 Å². The summed E-state index contributed by atoms with van der Waals surface area (Å²) >= 11 is 0. The predicted molar refractivity (Wildman–Crippen MR) is 74.5 cm³/mol. The lowest BCUT2D eigenvalue weighted by Gasteiger charge is -2.46. The van der Waals surface area contributed by atoms with Crippen molar-refractivity contribution in [3.8, 4) is 0 Å². The molecule has 0 spiro atoms. The zero-order valence-electron chi connectivity index (χ0n) is 12.6. The molecule has 1 heterocycles. The Labute approximate surface area is 115 Å². The first kappa shape index (κ1) is 14.4. The molecule has 0 radical (unpaired) electrons. The molecule has 2 rings (SSSR count). The Morgan fingerprint density at radius 3 is 2.58 bits per heavy atom. The maximum atomic E-state index is 12.9. The van der Waals surface area contributed by atoms with Gasteiger partial charge in [0.25, 0.3) is 0 Å². The number of carbonyl (C=O) groups excluding carboxylic acids is 2. The van der Waals surface area contributed by atoms with E-state index in [-0.39, 0.29) is 23.1 Å². The Bertz CT molecular complexity index is 388. The van der Waals surface area contributed by atoms with Gasteiger partial charge >= 0.3 is 0 Å². The molecule has 2 aliphatic rings. The Balaban J connectivity index is 2.20. The molecule has 2 amide bonds. The highest BCUT2D eigenvalue weighted by Crippen LogP contribution is 2.42. The topological polar surface area (TPSA) is 49.4 Å². The number of amides is 2. The van der Waals surface area contributed by atoms with Gasteiger partial charge in [-0.15, -0.1) is 0 Å². The van der Waals surface area contributed by atoms with E-state index in [0.29, 0.717) is 13.1 Å². The molecule has 1 saturated heterocycles. The Morgan fingerprint density at radius 1 is 1.26 bits per heavy atom. The molecule has 1 aliphatic carbocycles. The van der Waals surface area contributed by atoms with Crippen LogP contribution >= 0.6 is 0 Å². The Morgan fingerprint density at radius 2 is 1.95 bits per heavy atom. The number of hydrogen-bond acceptors (Lipinski definition) is 2. The maximum Gasteiger partial charge on any atom is 0.245 e. The minimum Gasteiger partial charge on any atom is -0.352 e. The lowest BCUT2D eigenvalue weighted by molar-refractivity contribution is -0.156. The normalized spacial score (nSPS) is 29.8. The highest BCUT2D eigenvalue weighted by atomic mass is 16.2. The number of carbonyl (C=O) groups is 2. The van der Waals surface area contributed by atoms with Gasteiger partial charge in [0, 0.05) is 19.0 Å². The van der Waals surface area contributed by atoms with Crippen LogP contribution in [0.4, 0.5) is 0 Å². The first-order valence-corrected chi connectivity index (χ1v) is 7.36. The fraction of sp³-hybridized carbons (Fsp3) is 0.867. The molecule has 19 heavy (non-hydrogen) atoms. The Kier molecular flexibility index (Phi) is 3.63. The summed E-state index contributed by atoms with van der Waals surface area (Å²) in [7, 11) is 0. The average molecular weight is 266 g/mol. The third kappa shape index (κ3) is 2.49. The van der Waals surface area contributed by atoms with Crippen LogP contribution in [-0.4, -0.2) is 35.3 Å². The minimum atomic E-state index is -0.719. The molecule has 4 heteroatoms. The van der Waals surface area contributed by atoms with E-state index in [1.165, 1.54) is 6.42 Å². The van der Waals surface area contributed by atoms with E-state index in [9.17, 15) is 9.59 Å². The summed E-state index contributed by atoms with van der Waals surface area (Å²) in [6, 6.07) is 0. The van der Waals surface area contributed by atoms with Crippen LogP contribution < -0.4 is 5.32 Å². The van der Waals surface area contributed by atoms with Crippen molar-refractivity contribution in [2.24, 2.45) is 11.3 Å². The van der Waals surface area contributed by atoms with Gasteiger partial charge in [0.15, 0.2) is 0 Å². The predicted octanol–water partition coefficient (Wildman–Crippen LogP) is 1.94. The molecule has 1 unspecified atom stereocenters. The molecule has 1 saturated carbocycles. The smallest absolute Gasteiger partial charge is 0.245 e. The van der Waals surface area contributed by atoms with Gasteiger partial charge in [0.2, 0.25) is 11.8 Å². The van der Waals surface area contributed by atoms with E-state index in [0.717, 1.165) is 19.3 Å². The molecule has 0 aromatic heterocycles. The number of piperazine rings is 1. The van der Waals surface area contributed by atoms with Crippen molar-refractivity contribution in [3.63, 3.8) is 0 Å². The van der Waals surface area contributed by atoms with Gasteiger partial charge in [0.1, 0.15) is 5.54 Å². The van der Waals surface area contributed by atoms with Crippen LogP contribution in [0, 0.1) is 11.3 Å². The molecule has 1 atom stereocenters. The largest absolute Gasteiger partial charge is 0.352 e. The zero-order chi connectivity index (χ0) is 14.3. The number of hydrogen-bond donors (Lipinski definition) is 1. The maximum absolute atomic E-state index is 12.9. The third-order valence-electron chi connectivity index (χ3n) is 4.92. The van der Waals surface area contributed by atoms with Crippen LogP contribution in [0.25, 0.3) is 0 Å². The van der Waals surface area contributed by atoms with Crippen molar-refractivity contribution in [1.29, 1.82) is 0 Å². The van der Waals surface area contributed by atoms with Gasteiger partial charge in [-0.25, -0.2) is 0 Å². The summed E-state index contributed by atoms with van der Waals surface area (Å²) in [5.41, 5.74) is -0.664. The van der Waals surface area contributed by atoms with Crippen molar-refractivity contribution in [2.75, 3.05) is 13.1 Å². The summed E-state index contributed by atoms with van der Waals surface area (Å²) in [4.78, 5) is 26.6. The van der Waals surface area contributed by atoms with Gasteiger partial charge < -0.3 is 10.2 Å². The van der Waals surface area contributed by atoms with E-state index in [1.54, 1.807) is 4.90 Å². The molecular formula is C15H26N2O2. The van der Waals surface area contributed by atoms with Crippen LogP contribution in [-0.2, 0) is 9.59 Å². The second-order valence-corrected chi connectivity index (χ2v) is 7.09. The molecule has 0 aromatic carbocycles. The Hall–Kier alpha value is -1.06. The van der Waals surface area contributed by atoms with Gasteiger partial charge in [-0.2, -0.15) is 0 Å². The lowest BCUT2D eigenvalue weighted by atomic mass is 9.68. The summed E-state index contributed by atoms with van der Waals surface area (Å²) in [5, 5.41) is 2.85. The SMILES string of the molecule is CC1(C)CCCCC1C(=O)N1CCNC(=O)C1(C)C. The van der Waals surface area contributed by atoms with Gasteiger partial charge in [-0.05, 0) is 32.1 Å². The van der Waals surface area contributed by atoms with Crippen LogP contribution in [0.15, 0.2) is 0 Å². The molecule has 4 nitrogen and oxygen atoms in total. The second-order valence-electron chi connectivity index (χ2n) is 7.09. The highest BCUT2D eigenvalue weighted by Gasteiger charge is 2.46. The summed E-state index contributed by atoms with van der Waals surface area (Å²) in [6.45, 7) is 9.26. The zero-order valence-corrected chi connectivity index (χ0v) is 12.6. The minimum absolute atomic E-state index is 0.0410. The monoisotopic (exact) mass is 266 g/mol. The number of rotatable bonds is 1. The number of nitrogens with zero attached hydrogens (tertiary/aromatic N) is 1. The molecule has 108 valence electrons. The fourth-order valence-corrected chi connectivity index (χ4v) is 3.43. The van der Waals surface area contributed by atoms with Gasteiger partial charge in [-0.1, -0.05) is 26.7 Å². The molecule has 0 aromatic rings.